The van der Waals surface area contributed by atoms with Gasteiger partial charge in [0.05, 0.1) is 18.1 Å². The minimum atomic E-state index is -0.756. The van der Waals surface area contributed by atoms with E-state index in [4.69, 9.17) is 10.1 Å². The number of hydrogen-bond donors (Lipinski definition) is 3. The third-order valence-electron chi connectivity index (χ3n) is 6.01. The summed E-state index contributed by atoms with van der Waals surface area (Å²) in [4.78, 5) is 33.0. The van der Waals surface area contributed by atoms with Gasteiger partial charge in [0.1, 0.15) is 11.9 Å². The second kappa shape index (κ2) is 10.6. The molecule has 0 spiro atoms. The van der Waals surface area contributed by atoms with Crippen molar-refractivity contribution in [1.29, 1.82) is 5.41 Å². The number of likely N-dealkylation sites (N-methyl/N-ethyl adjacent to an activating group) is 1. The van der Waals surface area contributed by atoms with Crippen LogP contribution in [-0.4, -0.2) is 78.1 Å². The van der Waals surface area contributed by atoms with Crippen molar-refractivity contribution in [1.82, 2.24) is 25.3 Å². The summed E-state index contributed by atoms with van der Waals surface area (Å²) >= 11 is 0. The van der Waals surface area contributed by atoms with Crippen molar-refractivity contribution in [2.24, 2.45) is 4.99 Å². The average Bonchev–Trinajstić information content (AvgIpc) is 3.19. The summed E-state index contributed by atoms with van der Waals surface area (Å²) in [5, 5.41) is 18.1. The SMILES string of the molecule is COC1CN(Cc2cc3n(n2)CCC(NC(=O)C(=N)/N=C\NCc2ccccc2)C(=O)N3C)C1. The van der Waals surface area contributed by atoms with E-state index in [-0.39, 0.29) is 12.0 Å². The van der Waals surface area contributed by atoms with Crippen LogP contribution in [0.5, 0.6) is 0 Å². The Morgan fingerprint density at radius 1 is 1.32 bits per heavy atom. The number of aliphatic imine (C=N–C) groups is 1. The Hall–Kier alpha value is -3.57. The first-order valence-corrected chi connectivity index (χ1v) is 11.2. The molecule has 0 aliphatic carbocycles. The maximum absolute atomic E-state index is 13.0. The average molecular weight is 467 g/mol. The molecule has 3 N–H and O–H groups in total. The Kier molecular flexibility index (Phi) is 7.33. The highest BCUT2D eigenvalue weighted by molar-refractivity contribution is 6.38. The molecular formula is C23H30N8O3. The first kappa shape index (κ1) is 23.6. The van der Waals surface area contributed by atoms with Crippen LogP contribution in [0.25, 0.3) is 0 Å². The van der Waals surface area contributed by atoms with Crippen molar-refractivity contribution >= 4 is 29.8 Å². The quantitative estimate of drug-likeness (QED) is 0.399. The molecule has 11 nitrogen and oxygen atoms in total. The molecule has 0 saturated carbocycles. The Labute approximate surface area is 198 Å². The van der Waals surface area contributed by atoms with E-state index >= 15 is 0 Å². The second-order valence-corrected chi connectivity index (χ2v) is 8.45. The Morgan fingerprint density at radius 3 is 2.82 bits per heavy atom. The number of benzene rings is 1. The van der Waals surface area contributed by atoms with Gasteiger partial charge >= 0.3 is 0 Å². The molecule has 3 heterocycles. The van der Waals surface area contributed by atoms with Crippen LogP contribution in [0.3, 0.4) is 0 Å². The number of nitrogens with zero attached hydrogens (tertiary/aromatic N) is 5. The van der Waals surface area contributed by atoms with Crippen LogP contribution < -0.4 is 15.5 Å². The molecule has 11 heteroatoms. The molecule has 2 aliphatic heterocycles. The summed E-state index contributed by atoms with van der Waals surface area (Å²) in [6.45, 7) is 3.46. The molecule has 1 aromatic carbocycles. The predicted molar refractivity (Wildman–Crippen MR) is 128 cm³/mol. The Morgan fingerprint density at radius 2 is 2.09 bits per heavy atom. The monoisotopic (exact) mass is 466 g/mol. The normalized spacial score (nSPS) is 18.9. The summed E-state index contributed by atoms with van der Waals surface area (Å²) in [5.74, 6) is -0.723. The van der Waals surface area contributed by atoms with Gasteiger partial charge in [0, 0.05) is 52.9 Å². The number of fused-ring (bicyclic) bond motifs is 1. The van der Waals surface area contributed by atoms with Crippen molar-refractivity contribution < 1.29 is 14.3 Å². The Bertz CT molecular complexity index is 1060. The molecular weight excluding hydrogens is 436 g/mol. The lowest BCUT2D eigenvalue weighted by atomic mass is 10.1. The fraction of sp³-hybridized carbons (Fsp3) is 0.435. The zero-order valence-corrected chi connectivity index (χ0v) is 19.4. The number of rotatable bonds is 7. The number of aryl methyl sites for hydroxylation is 1. The molecule has 4 rings (SSSR count). The Balaban J connectivity index is 1.28. The summed E-state index contributed by atoms with van der Waals surface area (Å²) < 4.78 is 7.10. The summed E-state index contributed by atoms with van der Waals surface area (Å²) in [7, 11) is 3.39. The molecule has 1 saturated heterocycles. The number of methoxy groups -OCH3 is 1. The number of carbonyl (C=O) groups excluding carboxylic acids is 2. The molecule has 2 amide bonds. The van der Waals surface area contributed by atoms with E-state index in [1.807, 2.05) is 36.4 Å². The fourth-order valence-electron chi connectivity index (χ4n) is 4.01. The third-order valence-corrected chi connectivity index (χ3v) is 6.01. The van der Waals surface area contributed by atoms with Crippen molar-refractivity contribution in [2.45, 2.75) is 38.2 Å². The zero-order chi connectivity index (χ0) is 24.1. The molecule has 2 aliphatic rings. The van der Waals surface area contributed by atoms with Crippen LogP contribution in [0.2, 0.25) is 0 Å². The highest BCUT2D eigenvalue weighted by Crippen LogP contribution is 2.23. The number of amidine groups is 1. The molecule has 0 radical (unpaired) electrons. The minimum absolute atomic E-state index is 0.249. The first-order valence-electron chi connectivity index (χ1n) is 11.2. The van der Waals surface area contributed by atoms with Crippen molar-refractivity contribution in [3.05, 3.63) is 47.7 Å². The number of ether oxygens (including phenoxy) is 1. The van der Waals surface area contributed by atoms with Gasteiger partial charge in [0.25, 0.3) is 11.8 Å². The highest BCUT2D eigenvalue weighted by Gasteiger charge is 2.32. The predicted octanol–water partition coefficient (Wildman–Crippen LogP) is 0.360. The molecule has 34 heavy (non-hydrogen) atoms. The van der Waals surface area contributed by atoms with Crippen molar-refractivity contribution in [3.8, 4) is 0 Å². The van der Waals surface area contributed by atoms with Crippen LogP contribution in [0, 0.1) is 5.41 Å². The van der Waals surface area contributed by atoms with Crippen molar-refractivity contribution in [2.75, 3.05) is 32.1 Å². The van der Waals surface area contributed by atoms with Gasteiger partial charge in [-0.2, -0.15) is 5.10 Å². The van der Waals surface area contributed by atoms with E-state index in [1.165, 1.54) is 11.2 Å². The fourth-order valence-corrected chi connectivity index (χ4v) is 4.01. The number of carbonyl (C=O) groups is 2. The van der Waals surface area contributed by atoms with Crippen LogP contribution in [0.4, 0.5) is 5.82 Å². The van der Waals surface area contributed by atoms with Crippen LogP contribution in [-0.2, 0) is 34.0 Å². The number of hydrogen-bond acceptors (Lipinski definition) is 6. The van der Waals surface area contributed by atoms with Gasteiger partial charge in [-0.1, -0.05) is 30.3 Å². The standard InChI is InChI=1S/C23H30N8O3/c1-29-20-10-17(12-30-13-18(14-30)34-2)28-31(20)9-8-19(23(29)33)27-22(32)21(24)26-15-25-11-16-6-4-3-5-7-16/h3-7,10,15,18-19H,8-9,11-14H2,1-2H3,(H,27,32)(H2,24,25,26). The molecule has 1 fully saturated rings. The molecule has 1 unspecified atom stereocenters. The van der Waals surface area contributed by atoms with E-state index in [9.17, 15) is 9.59 Å². The highest BCUT2D eigenvalue weighted by atomic mass is 16.5. The smallest absolute Gasteiger partial charge is 0.289 e. The maximum Gasteiger partial charge on any atom is 0.289 e. The molecule has 1 atom stereocenters. The van der Waals surface area contributed by atoms with Gasteiger partial charge in [0.2, 0.25) is 5.84 Å². The van der Waals surface area contributed by atoms with E-state index in [2.05, 4.69) is 25.6 Å². The summed E-state index contributed by atoms with van der Waals surface area (Å²) in [5.41, 5.74) is 1.95. The molecule has 180 valence electrons. The van der Waals surface area contributed by atoms with E-state index in [1.54, 1.807) is 18.8 Å². The van der Waals surface area contributed by atoms with E-state index in [0.29, 0.717) is 31.9 Å². The molecule has 0 bridgehead atoms. The van der Waals surface area contributed by atoms with Crippen LogP contribution >= 0.6 is 0 Å². The lowest BCUT2D eigenvalue weighted by Crippen LogP contribution is -2.51. The first-order chi connectivity index (χ1) is 16.4. The van der Waals surface area contributed by atoms with E-state index in [0.717, 1.165) is 24.3 Å². The number of anilines is 1. The number of nitrogens with one attached hydrogen (secondary N) is 3. The lowest BCUT2D eigenvalue weighted by Gasteiger charge is -2.37. The van der Waals surface area contributed by atoms with Gasteiger partial charge in [-0.15, -0.1) is 0 Å². The molecule has 2 aromatic rings. The summed E-state index contributed by atoms with van der Waals surface area (Å²) in [6.07, 6.45) is 1.97. The van der Waals surface area contributed by atoms with Crippen LogP contribution in [0.15, 0.2) is 41.4 Å². The number of aromatic nitrogens is 2. The summed E-state index contributed by atoms with van der Waals surface area (Å²) in [6, 6.07) is 10.9. The van der Waals surface area contributed by atoms with Crippen molar-refractivity contribution in [3.63, 3.8) is 0 Å². The topological polar surface area (TPSA) is 128 Å². The zero-order valence-electron chi connectivity index (χ0n) is 19.4. The van der Waals surface area contributed by atoms with Gasteiger partial charge in [0.15, 0.2) is 0 Å². The van der Waals surface area contributed by atoms with Gasteiger partial charge in [-0.25, -0.2) is 9.67 Å². The molecule has 1 aromatic heterocycles. The third kappa shape index (κ3) is 5.49. The van der Waals surface area contributed by atoms with Crippen LogP contribution in [0.1, 0.15) is 17.7 Å². The largest absolute Gasteiger partial charge is 0.379 e. The minimum Gasteiger partial charge on any atom is -0.379 e. The number of likely N-dealkylation sites (tertiary alicyclic amines) is 1. The lowest BCUT2D eigenvalue weighted by molar-refractivity contribution is -0.124. The second-order valence-electron chi connectivity index (χ2n) is 8.45. The number of amides is 2. The van der Waals surface area contributed by atoms with E-state index < -0.39 is 17.8 Å². The van der Waals surface area contributed by atoms with Gasteiger partial charge in [-0.05, 0) is 12.0 Å². The van der Waals surface area contributed by atoms with Gasteiger partial charge < -0.3 is 15.4 Å². The van der Waals surface area contributed by atoms with Gasteiger partial charge in [-0.3, -0.25) is 24.8 Å². The maximum atomic E-state index is 13.0.